The molecule has 2 saturated heterocycles. The summed E-state index contributed by atoms with van der Waals surface area (Å²) in [5.74, 6) is -1.89. The Morgan fingerprint density at radius 1 is 0.837 bits per heavy atom. The summed E-state index contributed by atoms with van der Waals surface area (Å²) in [5.41, 5.74) is 3.67. The third-order valence-corrected chi connectivity index (χ3v) is 8.35. The van der Waals surface area contributed by atoms with Gasteiger partial charge in [0.25, 0.3) is 5.91 Å². The van der Waals surface area contributed by atoms with E-state index >= 15 is 0 Å². The Hall–Kier alpha value is -3.89. The minimum atomic E-state index is -0.755. The van der Waals surface area contributed by atoms with Crippen molar-refractivity contribution >= 4 is 23.5 Å². The van der Waals surface area contributed by atoms with Crippen LogP contribution in [0.15, 0.2) is 66.7 Å². The second kappa shape index (κ2) is 13.2. The lowest BCUT2D eigenvalue weighted by atomic mass is 9.99. The number of benzene rings is 3. The molecule has 3 aromatic rings. The van der Waals surface area contributed by atoms with Crippen LogP contribution in [0.3, 0.4) is 0 Å². The highest BCUT2D eigenvalue weighted by Crippen LogP contribution is 2.39. The molecule has 6 rings (SSSR count). The van der Waals surface area contributed by atoms with Gasteiger partial charge in [-0.2, -0.15) is 0 Å². The van der Waals surface area contributed by atoms with Crippen LogP contribution in [0.5, 0.6) is 0 Å². The van der Waals surface area contributed by atoms with E-state index in [0.717, 1.165) is 36.3 Å². The van der Waals surface area contributed by atoms with Crippen LogP contribution in [0.2, 0.25) is 0 Å². The Bertz CT molecular complexity index is 1480. The van der Waals surface area contributed by atoms with Gasteiger partial charge in [-0.05, 0) is 67.4 Å². The number of nitrogens with zero attached hydrogens (tertiary/aromatic N) is 1. The molecule has 3 heterocycles. The van der Waals surface area contributed by atoms with Crippen LogP contribution in [0.4, 0.5) is 5.69 Å². The van der Waals surface area contributed by atoms with Gasteiger partial charge in [0.15, 0.2) is 6.29 Å². The molecule has 3 atom stereocenters. The van der Waals surface area contributed by atoms with E-state index in [9.17, 15) is 19.5 Å². The number of aliphatic hydroxyl groups excluding tert-OH is 1. The quantitative estimate of drug-likeness (QED) is 0.274. The Morgan fingerprint density at radius 3 is 2.35 bits per heavy atom. The Morgan fingerprint density at radius 2 is 1.58 bits per heavy atom. The molecule has 2 N–H and O–H groups in total. The Labute approximate surface area is 250 Å². The van der Waals surface area contributed by atoms with Crippen molar-refractivity contribution in [2.24, 2.45) is 0 Å². The fraction of sp³-hybridized carbons (Fsp3) is 0.382. The zero-order chi connectivity index (χ0) is 29.8. The molecule has 3 aliphatic heterocycles. The fourth-order valence-electron chi connectivity index (χ4n) is 6.01. The smallest absolute Gasteiger partial charge is 0.346 e. The lowest BCUT2D eigenvalue weighted by Gasteiger charge is -2.39. The van der Waals surface area contributed by atoms with Crippen molar-refractivity contribution in [3.8, 4) is 0 Å². The first kappa shape index (κ1) is 29.2. The molecular weight excluding hydrogens is 548 g/mol. The second-order valence-corrected chi connectivity index (χ2v) is 11.4. The molecular formula is C34H36N2O7. The topological polar surface area (TPSA) is 114 Å². The van der Waals surface area contributed by atoms with E-state index in [1.54, 1.807) is 6.07 Å². The summed E-state index contributed by atoms with van der Waals surface area (Å²) in [6.45, 7) is 2.95. The van der Waals surface area contributed by atoms with Crippen LogP contribution in [0.1, 0.15) is 98.7 Å². The summed E-state index contributed by atoms with van der Waals surface area (Å²) in [4.78, 5) is 39.3. The van der Waals surface area contributed by atoms with E-state index < -0.39 is 24.1 Å². The first-order valence-corrected chi connectivity index (χ1v) is 15.0. The third-order valence-electron chi connectivity index (χ3n) is 8.35. The number of aliphatic hydroxyl groups is 1. The number of likely N-dealkylation sites (tertiary alicyclic amines) is 1. The maximum atomic E-state index is 13.1. The van der Waals surface area contributed by atoms with E-state index in [2.05, 4.69) is 15.0 Å². The molecule has 3 unspecified atom stereocenters. The Balaban J connectivity index is 1.20. The number of esters is 2. The van der Waals surface area contributed by atoms with Gasteiger partial charge in [-0.15, -0.1) is 0 Å². The third kappa shape index (κ3) is 6.86. The normalized spacial score (nSPS) is 22.8. The van der Waals surface area contributed by atoms with E-state index in [1.165, 1.54) is 50.3 Å². The summed E-state index contributed by atoms with van der Waals surface area (Å²) in [6, 6.07) is 19.5. The molecule has 0 spiro atoms. The lowest BCUT2D eigenvalue weighted by Crippen LogP contribution is -2.40. The summed E-state index contributed by atoms with van der Waals surface area (Å²) in [6.07, 6.45) is 6.05. The number of cyclic esters (lactones) is 2. The highest BCUT2D eigenvalue weighted by Gasteiger charge is 2.34. The number of nitrogens with one attached hydrogen (secondary N) is 1. The van der Waals surface area contributed by atoms with Gasteiger partial charge < -0.3 is 29.5 Å². The molecule has 0 radical (unpaired) electrons. The van der Waals surface area contributed by atoms with Gasteiger partial charge in [0.2, 0.25) is 0 Å². The Kier molecular flexibility index (Phi) is 8.95. The highest BCUT2D eigenvalue weighted by molar-refractivity contribution is 6.16. The van der Waals surface area contributed by atoms with Gasteiger partial charge in [0, 0.05) is 29.8 Å². The van der Waals surface area contributed by atoms with Crippen molar-refractivity contribution in [3.05, 3.63) is 100 Å². The molecule has 43 heavy (non-hydrogen) atoms. The SMILES string of the molecule is O=C(Nc1cccc(C2OC(CN3CCCCCCC3)CC(c3ccc(CO)cc3)O2)c1)c1ccc2c(c1)C(=O)OC2=O. The molecule has 0 aromatic heterocycles. The van der Waals surface area contributed by atoms with Crippen LogP contribution in [-0.2, 0) is 20.8 Å². The van der Waals surface area contributed by atoms with Crippen LogP contribution < -0.4 is 5.32 Å². The average molecular weight is 585 g/mol. The van der Waals surface area contributed by atoms with Gasteiger partial charge in [0.1, 0.15) is 0 Å². The molecule has 3 aromatic carbocycles. The van der Waals surface area contributed by atoms with Gasteiger partial charge in [-0.1, -0.05) is 55.7 Å². The van der Waals surface area contributed by atoms with Gasteiger partial charge >= 0.3 is 11.9 Å². The number of carbonyl (C=O) groups is 3. The standard InChI is InChI=1S/C34H36N2O7/c37-21-22-9-11-23(12-10-22)30-19-27(20-36-15-4-2-1-3-5-16-36)41-34(42-30)25-7-6-8-26(17-25)35-31(38)24-13-14-28-29(18-24)33(40)43-32(28)39/h6-14,17-18,27,30,34,37H,1-5,15-16,19-21H2,(H,35,38). The maximum absolute atomic E-state index is 13.1. The van der Waals surface area contributed by atoms with Gasteiger partial charge in [0.05, 0.1) is 29.9 Å². The molecule has 0 saturated carbocycles. The molecule has 224 valence electrons. The van der Waals surface area contributed by atoms with Crippen LogP contribution >= 0.6 is 0 Å². The lowest BCUT2D eigenvalue weighted by molar-refractivity contribution is -0.253. The number of carbonyl (C=O) groups excluding carboxylic acids is 3. The van der Waals surface area contributed by atoms with E-state index in [0.29, 0.717) is 12.1 Å². The maximum Gasteiger partial charge on any atom is 0.346 e. The molecule has 0 bridgehead atoms. The molecule has 2 fully saturated rings. The van der Waals surface area contributed by atoms with Crippen molar-refractivity contribution in [2.75, 3.05) is 25.0 Å². The molecule has 0 aliphatic carbocycles. The number of rotatable bonds is 7. The highest BCUT2D eigenvalue weighted by atomic mass is 16.7. The number of hydrogen-bond acceptors (Lipinski definition) is 8. The number of ether oxygens (including phenoxy) is 3. The van der Waals surface area contributed by atoms with Crippen LogP contribution in [0, 0.1) is 0 Å². The van der Waals surface area contributed by atoms with Gasteiger partial charge in [-0.25, -0.2) is 9.59 Å². The van der Waals surface area contributed by atoms with Crippen molar-refractivity contribution in [3.63, 3.8) is 0 Å². The minimum Gasteiger partial charge on any atom is -0.392 e. The fourth-order valence-corrected chi connectivity index (χ4v) is 6.01. The molecule has 9 nitrogen and oxygen atoms in total. The number of hydrogen-bond donors (Lipinski definition) is 2. The zero-order valence-electron chi connectivity index (χ0n) is 24.0. The monoisotopic (exact) mass is 584 g/mol. The van der Waals surface area contributed by atoms with Crippen molar-refractivity contribution in [2.45, 2.75) is 63.6 Å². The van der Waals surface area contributed by atoms with Crippen molar-refractivity contribution in [1.82, 2.24) is 4.90 Å². The van der Waals surface area contributed by atoms with Crippen LogP contribution in [0.25, 0.3) is 0 Å². The van der Waals surface area contributed by atoms with Crippen molar-refractivity contribution in [1.29, 1.82) is 0 Å². The first-order valence-electron chi connectivity index (χ1n) is 15.0. The minimum absolute atomic E-state index is 0.0126. The number of anilines is 1. The van der Waals surface area contributed by atoms with Crippen LogP contribution in [-0.4, -0.2) is 53.6 Å². The number of amides is 1. The van der Waals surface area contributed by atoms with E-state index in [-0.39, 0.29) is 35.5 Å². The molecule has 9 heteroatoms. The molecule has 1 amide bonds. The largest absolute Gasteiger partial charge is 0.392 e. The number of fused-ring (bicyclic) bond motifs is 1. The van der Waals surface area contributed by atoms with E-state index in [4.69, 9.17) is 9.47 Å². The summed E-state index contributed by atoms with van der Waals surface area (Å²) < 4.78 is 17.7. The second-order valence-electron chi connectivity index (χ2n) is 11.4. The average Bonchev–Trinajstić information content (AvgIpc) is 3.30. The summed E-state index contributed by atoms with van der Waals surface area (Å²) >= 11 is 0. The first-order chi connectivity index (χ1) is 21.0. The summed E-state index contributed by atoms with van der Waals surface area (Å²) in [5, 5.41) is 12.4. The predicted octanol–water partition coefficient (Wildman–Crippen LogP) is 5.55. The van der Waals surface area contributed by atoms with E-state index in [1.807, 2.05) is 42.5 Å². The van der Waals surface area contributed by atoms with Gasteiger partial charge in [-0.3, -0.25) is 4.79 Å². The predicted molar refractivity (Wildman–Crippen MR) is 159 cm³/mol. The molecule has 3 aliphatic rings. The summed E-state index contributed by atoms with van der Waals surface area (Å²) in [7, 11) is 0. The van der Waals surface area contributed by atoms with Crippen molar-refractivity contribution < 1.29 is 33.7 Å². The zero-order valence-corrected chi connectivity index (χ0v) is 24.0.